The lowest BCUT2D eigenvalue weighted by Crippen LogP contribution is -2.26. The van der Waals surface area contributed by atoms with Gasteiger partial charge in [0, 0.05) is 17.6 Å². The summed E-state index contributed by atoms with van der Waals surface area (Å²) in [6.07, 6.45) is 1.66. The van der Waals surface area contributed by atoms with Gasteiger partial charge in [-0.05, 0) is 49.7 Å². The van der Waals surface area contributed by atoms with Gasteiger partial charge in [0.2, 0.25) is 11.8 Å². The Balaban J connectivity index is 1.61. The molecule has 0 aliphatic carbocycles. The fourth-order valence-electron chi connectivity index (χ4n) is 2.83. The molecule has 1 aromatic heterocycles. The van der Waals surface area contributed by atoms with E-state index in [1.165, 1.54) is 11.8 Å². The van der Waals surface area contributed by atoms with Crippen LogP contribution in [0.15, 0.2) is 53.1 Å². The Morgan fingerprint density at radius 3 is 2.63 bits per heavy atom. The van der Waals surface area contributed by atoms with Crippen LogP contribution in [0, 0.1) is 6.92 Å². The van der Waals surface area contributed by atoms with Crippen molar-refractivity contribution >= 4 is 40.9 Å². The van der Waals surface area contributed by atoms with Crippen LogP contribution in [0.1, 0.15) is 28.7 Å². The maximum atomic E-state index is 12.6. The number of amides is 2. The number of nitrogens with zero attached hydrogens (tertiary/aromatic N) is 1. The number of nitrogens with one attached hydrogen (secondary N) is 2. The number of aromatic nitrogens is 1. The van der Waals surface area contributed by atoms with E-state index < -0.39 is 0 Å². The lowest BCUT2D eigenvalue weighted by molar-refractivity contribution is -0.115. The highest BCUT2D eigenvalue weighted by molar-refractivity contribution is 7.99. The summed E-state index contributed by atoms with van der Waals surface area (Å²) >= 11 is 7.31. The quantitative estimate of drug-likeness (QED) is 0.541. The highest BCUT2D eigenvalue weighted by atomic mass is 35.5. The zero-order valence-corrected chi connectivity index (χ0v) is 18.4. The number of carbonyl (C=O) groups excluding carboxylic acids is 2. The van der Waals surface area contributed by atoms with Crippen molar-refractivity contribution in [2.45, 2.75) is 24.9 Å². The van der Waals surface area contributed by atoms with E-state index in [2.05, 4.69) is 15.6 Å². The predicted molar refractivity (Wildman–Crippen MR) is 121 cm³/mol. The van der Waals surface area contributed by atoms with Crippen LogP contribution < -0.4 is 10.6 Å². The van der Waals surface area contributed by atoms with E-state index >= 15 is 0 Å². The van der Waals surface area contributed by atoms with Gasteiger partial charge in [0.1, 0.15) is 0 Å². The third-order valence-corrected chi connectivity index (χ3v) is 5.87. The minimum Gasteiger partial charge on any atom is -0.440 e. The summed E-state index contributed by atoms with van der Waals surface area (Å²) in [7, 11) is 1.56. The van der Waals surface area contributed by atoms with Crippen molar-refractivity contribution in [2.75, 3.05) is 12.4 Å². The molecule has 0 saturated carbocycles. The van der Waals surface area contributed by atoms with Gasteiger partial charge in [0.15, 0.2) is 5.76 Å². The predicted octanol–water partition coefficient (Wildman–Crippen LogP) is 4.92. The van der Waals surface area contributed by atoms with Crippen molar-refractivity contribution in [3.63, 3.8) is 0 Å². The molecule has 3 aromatic rings. The van der Waals surface area contributed by atoms with Gasteiger partial charge in [-0.25, -0.2) is 4.98 Å². The van der Waals surface area contributed by atoms with E-state index in [9.17, 15) is 9.59 Å². The molecule has 3 rings (SSSR count). The van der Waals surface area contributed by atoms with Crippen LogP contribution in [0.25, 0.3) is 11.3 Å². The van der Waals surface area contributed by atoms with Crippen molar-refractivity contribution in [1.29, 1.82) is 0 Å². The normalized spacial score (nSPS) is 11.7. The second kappa shape index (κ2) is 9.82. The second-order valence-electron chi connectivity index (χ2n) is 6.64. The number of hydrogen-bond donors (Lipinski definition) is 2. The van der Waals surface area contributed by atoms with Crippen LogP contribution in [-0.2, 0) is 10.5 Å². The molecule has 0 bridgehead atoms. The monoisotopic (exact) mass is 443 g/mol. The summed E-state index contributed by atoms with van der Waals surface area (Å²) in [5.74, 6) is 1.19. The van der Waals surface area contributed by atoms with Gasteiger partial charge < -0.3 is 15.1 Å². The topological polar surface area (TPSA) is 84.2 Å². The number of benzene rings is 2. The van der Waals surface area contributed by atoms with Gasteiger partial charge in [0.05, 0.1) is 28.5 Å². The molecule has 0 aliphatic rings. The van der Waals surface area contributed by atoms with E-state index in [-0.39, 0.29) is 17.1 Å². The van der Waals surface area contributed by atoms with E-state index in [1.807, 2.05) is 25.1 Å². The zero-order valence-electron chi connectivity index (χ0n) is 16.9. The molecule has 0 radical (unpaired) electrons. The molecule has 156 valence electrons. The molecule has 0 fully saturated rings. The number of thioether (sulfide) groups is 1. The molecular weight excluding hydrogens is 422 g/mol. The molecule has 1 heterocycles. The number of anilines is 1. The van der Waals surface area contributed by atoms with Crippen LogP contribution in [-0.4, -0.2) is 29.1 Å². The summed E-state index contributed by atoms with van der Waals surface area (Å²) in [4.78, 5) is 29.1. The standard InChI is InChI=1S/C22H22ClN3O3S/c1-13-5-4-6-17(20(13)22(28)24-3)26-21(27)14(2)30-12-19-25-11-18(29-19)15-7-9-16(23)10-8-15/h4-11,14H,12H2,1-3H3,(H,24,28)(H,26,27). The first kappa shape index (κ1) is 21.9. The molecule has 1 atom stereocenters. The minimum absolute atomic E-state index is 0.194. The zero-order chi connectivity index (χ0) is 21.7. The van der Waals surface area contributed by atoms with Crippen molar-refractivity contribution in [2.24, 2.45) is 0 Å². The highest BCUT2D eigenvalue weighted by Crippen LogP contribution is 2.26. The Morgan fingerprint density at radius 2 is 1.93 bits per heavy atom. The van der Waals surface area contributed by atoms with E-state index in [0.717, 1.165) is 11.1 Å². The molecule has 2 N–H and O–H groups in total. The SMILES string of the molecule is CNC(=O)c1c(C)cccc1NC(=O)C(C)SCc1ncc(-c2ccc(Cl)cc2)o1. The average Bonchev–Trinajstić information content (AvgIpc) is 3.21. The van der Waals surface area contributed by atoms with Gasteiger partial charge in [-0.3, -0.25) is 9.59 Å². The summed E-state index contributed by atoms with van der Waals surface area (Å²) in [6, 6.07) is 12.7. The van der Waals surface area contributed by atoms with Crippen LogP contribution >= 0.6 is 23.4 Å². The molecule has 0 aliphatic heterocycles. The first-order valence-corrected chi connectivity index (χ1v) is 10.8. The van der Waals surface area contributed by atoms with Crippen molar-refractivity contribution < 1.29 is 14.0 Å². The first-order chi connectivity index (χ1) is 14.4. The molecule has 2 amide bonds. The van der Waals surface area contributed by atoms with Crippen LogP contribution in [0.4, 0.5) is 5.69 Å². The molecule has 0 saturated heterocycles. The maximum Gasteiger partial charge on any atom is 0.253 e. The van der Waals surface area contributed by atoms with E-state index in [1.54, 1.807) is 44.4 Å². The maximum absolute atomic E-state index is 12.6. The highest BCUT2D eigenvalue weighted by Gasteiger charge is 2.19. The van der Waals surface area contributed by atoms with Crippen molar-refractivity contribution in [3.05, 3.63) is 70.7 Å². The Morgan fingerprint density at radius 1 is 1.20 bits per heavy atom. The number of hydrogen-bond acceptors (Lipinski definition) is 5. The Bertz CT molecular complexity index is 1050. The van der Waals surface area contributed by atoms with Crippen LogP contribution in [0.5, 0.6) is 0 Å². The Kier molecular flexibility index (Phi) is 7.18. The molecule has 0 spiro atoms. The van der Waals surface area contributed by atoms with Gasteiger partial charge in [-0.2, -0.15) is 0 Å². The third-order valence-electron chi connectivity index (χ3n) is 4.49. The third kappa shape index (κ3) is 5.23. The second-order valence-corrected chi connectivity index (χ2v) is 8.41. The molecule has 30 heavy (non-hydrogen) atoms. The smallest absolute Gasteiger partial charge is 0.253 e. The fourth-order valence-corrected chi connectivity index (χ4v) is 3.69. The molecule has 2 aromatic carbocycles. The van der Waals surface area contributed by atoms with Crippen LogP contribution in [0.3, 0.4) is 0 Å². The Hall–Kier alpha value is -2.77. The van der Waals surface area contributed by atoms with Crippen LogP contribution in [0.2, 0.25) is 5.02 Å². The largest absolute Gasteiger partial charge is 0.440 e. The number of aryl methyl sites for hydroxylation is 1. The fraction of sp³-hybridized carbons (Fsp3) is 0.227. The van der Waals surface area contributed by atoms with E-state index in [0.29, 0.717) is 33.7 Å². The van der Waals surface area contributed by atoms with Gasteiger partial charge in [-0.15, -0.1) is 11.8 Å². The summed E-state index contributed by atoms with van der Waals surface area (Å²) in [6.45, 7) is 3.64. The summed E-state index contributed by atoms with van der Waals surface area (Å²) in [5, 5.41) is 5.75. The number of halogens is 1. The molecule has 8 heteroatoms. The Labute approximate surface area is 184 Å². The van der Waals surface area contributed by atoms with Gasteiger partial charge in [-0.1, -0.05) is 23.7 Å². The van der Waals surface area contributed by atoms with E-state index in [4.69, 9.17) is 16.0 Å². The number of carbonyl (C=O) groups is 2. The molecule has 1 unspecified atom stereocenters. The van der Waals surface area contributed by atoms with Crippen molar-refractivity contribution in [1.82, 2.24) is 10.3 Å². The number of oxazole rings is 1. The lowest BCUT2D eigenvalue weighted by Gasteiger charge is -2.15. The summed E-state index contributed by atoms with van der Waals surface area (Å²) in [5.41, 5.74) is 2.64. The molecular formula is C22H22ClN3O3S. The summed E-state index contributed by atoms with van der Waals surface area (Å²) < 4.78 is 5.78. The lowest BCUT2D eigenvalue weighted by atomic mass is 10.1. The first-order valence-electron chi connectivity index (χ1n) is 9.34. The average molecular weight is 444 g/mol. The van der Waals surface area contributed by atoms with Crippen molar-refractivity contribution in [3.8, 4) is 11.3 Å². The minimum atomic E-state index is -0.367. The molecule has 6 nitrogen and oxygen atoms in total. The van der Waals surface area contributed by atoms with Gasteiger partial charge in [0.25, 0.3) is 5.91 Å². The number of rotatable bonds is 7. The van der Waals surface area contributed by atoms with Gasteiger partial charge >= 0.3 is 0 Å².